The number of fused-ring (bicyclic) bond motifs is 1. The Labute approximate surface area is 209 Å². The number of nitrogens with zero attached hydrogens (tertiary/aromatic N) is 4. The second-order valence-corrected chi connectivity index (χ2v) is 9.18. The van der Waals surface area contributed by atoms with Crippen LogP contribution in [0.5, 0.6) is 11.5 Å². The summed E-state index contributed by atoms with van der Waals surface area (Å²) >= 11 is 0. The third kappa shape index (κ3) is 5.73. The van der Waals surface area contributed by atoms with Gasteiger partial charge in [0.25, 0.3) is 0 Å². The topological polar surface area (TPSA) is 50.7 Å². The van der Waals surface area contributed by atoms with Crippen molar-refractivity contribution in [3.05, 3.63) is 65.4 Å². The molecule has 1 aliphatic rings. The van der Waals surface area contributed by atoms with Crippen LogP contribution < -0.4 is 14.4 Å². The van der Waals surface area contributed by atoms with E-state index < -0.39 is 17.5 Å². The van der Waals surface area contributed by atoms with E-state index in [2.05, 4.69) is 28.7 Å². The number of rotatable bonds is 9. The van der Waals surface area contributed by atoms with Crippen molar-refractivity contribution in [3.8, 4) is 22.8 Å². The molecular formula is C27H31F3N4O2. The molecule has 1 aliphatic heterocycles. The second-order valence-electron chi connectivity index (χ2n) is 9.18. The van der Waals surface area contributed by atoms with Crippen molar-refractivity contribution < 1.29 is 22.6 Å². The minimum Gasteiger partial charge on any atom is -0.489 e. The third-order valence-corrected chi connectivity index (χ3v) is 6.26. The highest BCUT2D eigenvalue weighted by Crippen LogP contribution is 2.39. The first-order valence-electron chi connectivity index (χ1n) is 12.1. The summed E-state index contributed by atoms with van der Waals surface area (Å²) in [7, 11) is 3.82. The molecule has 192 valence electrons. The SMILES string of the molecule is CCC(C)N1CCOc2c(F)cc(-c3nc(Cc4ccc(OCCN(C)C)c(F)c4)ncc3F)cc21. The van der Waals surface area contributed by atoms with Crippen molar-refractivity contribution in [1.82, 2.24) is 14.9 Å². The van der Waals surface area contributed by atoms with E-state index in [0.717, 1.165) is 12.6 Å². The van der Waals surface area contributed by atoms with Crippen molar-refractivity contribution in [2.24, 2.45) is 0 Å². The Morgan fingerprint density at radius 2 is 1.92 bits per heavy atom. The first-order valence-corrected chi connectivity index (χ1v) is 12.1. The molecule has 0 saturated carbocycles. The lowest BCUT2D eigenvalue weighted by molar-refractivity contribution is 0.252. The smallest absolute Gasteiger partial charge is 0.178 e. The number of hydrogen-bond acceptors (Lipinski definition) is 6. The van der Waals surface area contributed by atoms with Crippen LogP contribution in [0.2, 0.25) is 0 Å². The van der Waals surface area contributed by atoms with Gasteiger partial charge in [-0.3, -0.25) is 0 Å². The zero-order chi connectivity index (χ0) is 25.8. The lowest BCUT2D eigenvalue weighted by Crippen LogP contribution is -2.39. The van der Waals surface area contributed by atoms with Crippen LogP contribution in [-0.4, -0.2) is 61.3 Å². The van der Waals surface area contributed by atoms with Crippen molar-refractivity contribution in [2.75, 3.05) is 45.3 Å². The van der Waals surface area contributed by atoms with Crippen LogP contribution in [0.4, 0.5) is 18.9 Å². The summed E-state index contributed by atoms with van der Waals surface area (Å²) in [4.78, 5) is 12.5. The molecule has 0 bridgehead atoms. The minimum atomic E-state index is -0.666. The molecule has 0 fully saturated rings. The largest absolute Gasteiger partial charge is 0.489 e. The third-order valence-electron chi connectivity index (χ3n) is 6.26. The fourth-order valence-electron chi connectivity index (χ4n) is 4.10. The number of likely N-dealkylation sites (N-methyl/N-ethyl adjacent to an activating group) is 1. The lowest BCUT2D eigenvalue weighted by Gasteiger charge is -2.36. The van der Waals surface area contributed by atoms with Gasteiger partial charge in [-0.05, 0) is 57.3 Å². The molecule has 0 amide bonds. The molecule has 1 unspecified atom stereocenters. The monoisotopic (exact) mass is 500 g/mol. The standard InChI is InChI=1S/C27H31F3N4O2/c1-5-17(2)34-9-11-36-27-21(29)14-19(15-23(27)34)26-22(30)16-31-25(32-26)13-18-6-7-24(20(28)12-18)35-10-8-33(3)4/h6-7,12,14-17H,5,8-11,13H2,1-4H3. The average Bonchev–Trinajstić information content (AvgIpc) is 2.85. The van der Waals surface area contributed by atoms with Crippen molar-refractivity contribution in [3.63, 3.8) is 0 Å². The van der Waals surface area contributed by atoms with E-state index in [1.807, 2.05) is 19.0 Å². The number of halogens is 3. The van der Waals surface area contributed by atoms with Gasteiger partial charge in [-0.25, -0.2) is 23.1 Å². The summed E-state index contributed by atoms with van der Waals surface area (Å²) in [6, 6.07) is 7.74. The molecule has 0 saturated heterocycles. The highest BCUT2D eigenvalue weighted by molar-refractivity contribution is 5.72. The number of benzene rings is 2. The Balaban J connectivity index is 1.59. The van der Waals surface area contributed by atoms with Gasteiger partial charge in [-0.15, -0.1) is 0 Å². The molecule has 36 heavy (non-hydrogen) atoms. The Kier molecular flexibility index (Phi) is 7.98. The summed E-state index contributed by atoms with van der Waals surface area (Å²) in [6.07, 6.45) is 2.11. The predicted molar refractivity (Wildman–Crippen MR) is 133 cm³/mol. The molecule has 2 heterocycles. The van der Waals surface area contributed by atoms with Gasteiger partial charge in [-0.1, -0.05) is 13.0 Å². The Morgan fingerprint density at radius 1 is 1.11 bits per heavy atom. The molecule has 0 radical (unpaired) electrons. The maximum absolute atomic E-state index is 15.0. The van der Waals surface area contributed by atoms with Gasteiger partial charge in [0, 0.05) is 24.6 Å². The van der Waals surface area contributed by atoms with Crippen LogP contribution in [-0.2, 0) is 6.42 Å². The van der Waals surface area contributed by atoms with Crippen LogP contribution in [0.3, 0.4) is 0 Å². The van der Waals surface area contributed by atoms with E-state index in [0.29, 0.717) is 48.9 Å². The molecular weight excluding hydrogens is 469 g/mol. The van der Waals surface area contributed by atoms with Gasteiger partial charge in [0.2, 0.25) is 0 Å². The maximum atomic E-state index is 15.0. The van der Waals surface area contributed by atoms with E-state index in [-0.39, 0.29) is 29.7 Å². The summed E-state index contributed by atoms with van der Waals surface area (Å²) in [5.41, 5.74) is 1.47. The van der Waals surface area contributed by atoms with E-state index in [4.69, 9.17) is 9.47 Å². The fraction of sp³-hybridized carbons (Fsp3) is 0.407. The van der Waals surface area contributed by atoms with Gasteiger partial charge in [0.1, 0.15) is 24.7 Å². The van der Waals surface area contributed by atoms with Crippen molar-refractivity contribution in [1.29, 1.82) is 0 Å². The lowest BCUT2D eigenvalue weighted by atomic mass is 10.1. The zero-order valence-corrected chi connectivity index (χ0v) is 21.0. The fourth-order valence-corrected chi connectivity index (χ4v) is 4.10. The summed E-state index contributed by atoms with van der Waals surface area (Å²) in [5.74, 6) is -1.10. The molecule has 3 aromatic rings. The molecule has 0 N–H and O–H groups in total. The van der Waals surface area contributed by atoms with E-state index in [1.165, 1.54) is 12.1 Å². The van der Waals surface area contributed by atoms with Crippen molar-refractivity contribution >= 4 is 5.69 Å². The van der Waals surface area contributed by atoms with Crippen LogP contribution in [0.1, 0.15) is 31.7 Å². The van der Waals surface area contributed by atoms with Gasteiger partial charge in [0.05, 0.1) is 18.4 Å². The van der Waals surface area contributed by atoms with Crippen molar-refractivity contribution in [2.45, 2.75) is 32.7 Å². The Hall–Kier alpha value is -3.33. The molecule has 2 aromatic carbocycles. The normalized spacial score (nSPS) is 13.9. The first-order chi connectivity index (χ1) is 17.3. The van der Waals surface area contributed by atoms with Crippen LogP contribution in [0, 0.1) is 17.5 Å². The molecule has 1 aromatic heterocycles. The molecule has 9 heteroatoms. The quantitative estimate of drug-likeness (QED) is 0.408. The first kappa shape index (κ1) is 25.8. The molecule has 1 atom stereocenters. The van der Waals surface area contributed by atoms with E-state index >= 15 is 0 Å². The second kappa shape index (κ2) is 11.2. The van der Waals surface area contributed by atoms with E-state index in [9.17, 15) is 13.2 Å². The number of hydrogen-bond donors (Lipinski definition) is 0. The molecule has 0 aliphatic carbocycles. The van der Waals surface area contributed by atoms with Crippen LogP contribution in [0.25, 0.3) is 11.3 Å². The highest BCUT2D eigenvalue weighted by Gasteiger charge is 2.26. The maximum Gasteiger partial charge on any atom is 0.178 e. The van der Waals surface area contributed by atoms with Crippen LogP contribution in [0.15, 0.2) is 36.5 Å². The predicted octanol–water partition coefficient (Wildman–Crippen LogP) is 5.09. The molecule has 6 nitrogen and oxygen atoms in total. The van der Waals surface area contributed by atoms with Gasteiger partial charge in [-0.2, -0.15) is 0 Å². The van der Waals surface area contributed by atoms with Gasteiger partial charge in [0.15, 0.2) is 29.0 Å². The summed E-state index contributed by atoms with van der Waals surface area (Å²) in [6.45, 7) is 6.14. The van der Waals surface area contributed by atoms with E-state index in [1.54, 1.807) is 18.2 Å². The molecule has 0 spiro atoms. The Morgan fingerprint density at radius 3 is 2.64 bits per heavy atom. The number of anilines is 1. The van der Waals surface area contributed by atoms with Crippen LogP contribution >= 0.6 is 0 Å². The highest BCUT2D eigenvalue weighted by atomic mass is 19.1. The minimum absolute atomic E-state index is 0.0134. The average molecular weight is 501 g/mol. The number of ether oxygens (including phenoxy) is 2. The summed E-state index contributed by atoms with van der Waals surface area (Å²) < 4.78 is 55.4. The molecule has 4 rings (SSSR count). The van der Waals surface area contributed by atoms with Gasteiger partial charge < -0.3 is 19.3 Å². The number of aromatic nitrogens is 2. The summed E-state index contributed by atoms with van der Waals surface area (Å²) in [5, 5.41) is 0. The van der Waals surface area contributed by atoms with Gasteiger partial charge >= 0.3 is 0 Å². The Bertz CT molecular complexity index is 1220. The zero-order valence-electron chi connectivity index (χ0n) is 21.0.